The van der Waals surface area contributed by atoms with E-state index >= 15 is 0 Å². The minimum atomic E-state index is -0.810. The molecule has 0 heterocycles. The van der Waals surface area contributed by atoms with Gasteiger partial charge in [0.2, 0.25) is 0 Å². The van der Waals surface area contributed by atoms with Gasteiger partial charge in [0.05, 0.1) is 12.7 Å². The van der Waals surface area contributed by atoms with Crippen LogP contribution >= 0.6 is 11.6 Å². The van der Waals surface area contributed by atoms with Crippen LogP contribution in [0.4, 0.5) is 4.39 Å². The molecule has 0 aliphatic carbocycles. The number of benzene rings is 1. The largest absolute Gasteiger partial charge is 0.497 e. The van der Waals surface area contributed by atoms with E-state index < -0.39 is 11.1 Å². The molecule has 0 aliphatic heterocycles. The van der Waals surface area contributed by atoms with Gasteiger partial charge in [0.25, 0.3) is 5.24 Å². The zero-order valence-electron chi connectivity index (χ0n) is 6.30. The van der Waals surface area contributed by atoms with Crippen molar-refractivity contribution in [1.29, 1.82) is 0 Å². The second kappa shape index (κ2) is 3.54. The van der Waals surface area contributed by atoms with Crippen LogP contribution in [0.25, 0.3) is 0 Å². The second-order valence-electron chi connectivity index (χ2n) is 2.12. The molecule has 0 bridgehead atoms. The lowest BCUT2D eigenvalue weighted by Crippen LogP contribution is -1.94. The van der Waals surface area contributed by atoms with Gasteiger partial charge in [-0.3, -0.25) is 4.79 Å². The number of carbonyl (C=O) groups is 1. The molecule has 0 atom stereocenters. The van der Waals surface area contributed by atoms with Crippen LogP contribution in [-0.4, -0.2) is 12.4 Å². The highest BCUT2D eigenvalue weighted by atomic mass is 35.5. The van der Waals surface area contributed by atoms with E-state index in [1.54, 1.807) is 0 Å². The third-order valence-electron chi connectivity index (χ3n) is 1.39. The highest BCUT2D eigenvalue weighted by Crippen LogP contribution is 2.17. The molecule has 0 aliphatic rings. The highest BCUT2D eigenvalue weighted by molar-refractivity contribution is 6.67. The standard InChI is InChI=1S/C8H6ClFO2/c1-12-5-2-3-6(8(9)11)7(10)4-5/h2-4H,1H3. The van der Waals surface area contributed by atoms with Gasteiger partial charge in [0, 0.05) is 6.07 Å². The molecule has 12 heavy (non-hydrogen) atoms. The summed E-state index contributed by atoms with van der Waals surface area (Å²) >= 11 is 5.08. The number of rotatable bonds is 2. The van der Waals surface area contributed by atoms with Crippen LogP contribution in [0.2, 0.25) is 0 Å². The van der Waals surface area contributed by atoms with Crippen LogP contribution in [0.3, 0.4) is 0 Å². The van der Waals surface area contributed by atoms with E-state index in [2.05, 4.69) is 0 Å². The topological polar surface area (TPSA) is 26.3 Å². The number of methoxy groups -OCH3 is 1. The molecule has 0 fully saturated rings. The van der Waals surface area contributed by atoms with Crippen LogP contribution in [0.15, 0.2) is 18.2 Å². The molecule has 0 N–H and O–H groups in total. The van der Waals surface area contributed by atoms with Gasteiger partial charge in [-0.2, -0.15) is 0 Å². The number of halogens is 2. The van der Waals surface area contributed by atoms with E-state index in [-0.39, 0.29) is 5.56 Å². The summed E-state index contributed by atoms with van der Waals surface area (Å²) in [5.41, 5.74) is -0.141. The van der Waals surface area contributed by atoms with Gasteiger partial charge in [-0.15, -0.1) is 0 Å². The van der Waals surface area contributed by atoms with Crippen molar-refractivity contribution in [3.05, 3.63) is 29.6 Å². The van der Waals surface area contributed by atoms with Crippen LogP contribution in [0.5, 0.6) is 5.75 Å². The van der Waals surface area contributed by atoms with Crippen molar-refractivity contribution in [3.8, 4) is 5.75 Å². The van der Waals surface area contributed by atoms with Crippen LogP contribution in [0.1, 0.15) is 10.4 Å². The summed E-state index contributed by atoms with van der Waals surface area (Å²) in [5, 5.41) is -0.810. The van der Waals surface area contributed by atoms with Gasteiger partial charge in [0.15, 0.2) is 0 Å². The maximum atomic E-state index is 12.9. The normalized spacial score (nSPS) is 9.58. The molecule has 1 rings (SSSR count). The maximum absolute atomic E-state index is 12.9. The van der Waals surface area contributed by atoms with Gasteiger partial charge in [-0.05, 0) is 23.7 Å². The molecule has 0 aromatic heterocycles. The second-order valence-corrected chi connectivity index (χ2v) is 2.46. The Morgan fingerprint density at radius 1 is 1.58 bits per heavy atom. The van der Waals surface area contributed by atoms with Gasteiger partial charge >= 0.3 is 0 Å². The van der Waals surface area contributed by atoms with Crippen molar-refractivity contribution in [1.82, 2.24) is 0 Å². The maximum Gasteiger partial charge on any atom is 0.255 e. The predicted octanol–water partition coefficient (Wildman–Crippen LogP) is 2.21. The summed E-state index contributed by atoms with van der Waals surface area (Å²) in [7, 11) is 1.41. The Morgan fingerprint density at radius 3 is 2.67 bits per heavy atom. The van der Waals surface area contributed by atoms with E-state index in [9.17, 15) is 9.18 Å². The summed E-state index contributed by atoms with van der Waals surface area (Å²) < 4.78 is 17.6. The van der Waals surface area contributed by atoms with Crippen LogP contribution in [-0.2, 0) is 0 Å². The number of ether oxygens (including phenoxy) is 1. The lowest BCUT2D eigenvalue weighted by atomic mass is 10.2. The van der Waals surface area contributed by atoms with Crippen molar-refractivity contribution in [2.45, 2.75) is 0 Å². The summed E-state index contributed by atoms with van der Waals surface area (Å²) in [6, 6.07) is 3.86. The van der Waals surface area contributed by atoms with Crippen molar-refractivity contribution >= 4 is 16.8 Å². The molecule has 0 spiro atoms. The fraction of sp³-hybridized carbons (Fsp3) is 0.125. The third-order valence-corrected chi connectivity index (χ3v) is 1.59. The summed E-state index contributed by atoms with van der Waals surface area (Å²) in [6.45, 7) is 0. The Bertz CT molecular complexity index is 312. The van der Waals surface area contributed by atoms with E-state index in [1.165, 1.54) is 19.2 Å². The average molecular weight is 189 g/mol. The third kappa shape index (κ3) is 1.74. The molecule has 0 radical (unpaired) electrons. The minimum Gasteiger partial charge on any atom is -0.497 e. The Morgan fingerprint density at radius 2 is 2.25 bits per heavy atom. The van der Waals surface area contributed by atoms with Gasteiger partial charge in [0.1, 0.15) is 11.6 Å². The van der Waals surface area contributed by atoms with Crippen molar-refractivity contribution < 1.29 is 13.9 Å². The molecule has 4 heteroatoms. The lowest BCUT2D eigenvalue weighted by molar-refractivity contribution is 0.107. The van der Waals surface area contributed by atoms with Crippen molar-refractivity contribution in [2.75, 3.05) is 7.11 Å². The molecular weight excluding hydrogens is 183 g/mol. The molecule has 0 unspecified atom stereocenters. The summed E-state index contributed by atoms with van der Waals surface area (Å²) in [4.78, 5) is 10.6. The Kier molecular flexibility index (Phi) is 2.65. The monoisotopic (exact) mass is 188 g/mol. The van der Waals surface area contributed by atoms with E-state index in [0.717, 1.165) is 6.07 Å². The first-order chi connectivity index (χ1) is 5.65. The molecule has 2 nitrogen and oxygen atoms in total. The summed E-state index contributed by atoms with van der Waals surface area (Å²) in [6.07, 6.45) is 0. The first kappa shape index (κ1) is 9.00. The Hall–Kier alpha value is -1.09. The number of hydrogen-bond donors (Lipinski definition) is 0. The zero-order chi connectivity index (χ0) is 9.14. The van der Waals surface area contributed by atoms with E-state index in [4.69, 9.17) is 16.3 Å². The minimum absolute atomic E-state index is 0.141. The molecular formula is C8H6ClFO2. The van der Waals surface area contributed by atoms with Gasteiger partial charge < -0.3 is 4.74 Å². The smallest absolute Gasteiger partial charge is 0.255 e. The summed E-state index contributed by atoms with van der Waals surface area (Å²) in [5.74, 6) is -0.316. The SMILES string of the molecule is COc1ccc(C(=O)Cl)c(F)c1. The highest BCUT2D eigenvalue weighted by Gasteiger charge is 2.09. The van der Waals surface area contributed by atoms with Gasteiger partial charge in [-0.25, -0.2) is 4.39 Å². The Labute approximate surface area is 73.9 Å². The first-order valence-electron chi connectivity index (χ1n) is 3.18. The average Bonchev–Trinajstić information content (AvgIpc) is 2.03. The number of hydrogen-bond acceptors (Lipinski definition) is 2. The van der Waals surface area contributed by atoms with E-state index in [1.807, 2.05) is 0 Å². The van der Waals surface area contributed by atoms with Crippen LogP contribution < -0.4 is 4.74 Å². The fourth-order valence-electron chi connectivity index (χ4n) is 0.782. The van der Waals surface area contributed by atoms with Crippen molar-refractivity contribution in [3.63, 3.8) is 0 Å². The van der Waals surface area contributed by atoms with Crippen molar-refractivity contribution in [2.24, 2.45) is 0 Å². The molecule has 0 saturated heterocycles. The lowest BCUT2D eigenvalue weighted by Gasteiger charge is -2.00. The first-order valence-corrected chi connectivity index (χ1v) is 3.56. The number of carbonyl (C=O) groups excluding carboxylic acids is 1. The molecule has 1 aromatic carbocycles. The zero-order valence-corrected chi connectivity index (χ0v) is 7.06. The molecule has 0 saturated carbocycles. The van der Waals surface area contributed by atoms with E-state index in [0.29, 0.717) is 5.75 Å². The van der Waals surface area contributed by atoms with Crippen LogP contribution in [0, 0.1) is 5.82 Å². The fourth-order valence-corrected chi connectivity index (χ4v) is 0.935. The Balaban J connectivity index is 3.12. The quantitative estimate of drug-likeness (QED) is 0.666. The predicted molar refractivity (Wildman–Crippen MR) is 43.1 cm³/mol. The molecule has 0 amide bonds. The van der Waals surface area contributed by atoms with Gasteiger partial charge in [-0.1, -0.05) is 0 Å². The molecule has 64 valence electrons. The molecule has 1 aromatic rings.